The van der Waals surface area contributed by atoms with Gasteiger partial charge in [-0.05, 0) is 22.6 Å². The highest BCUT2D eigenvalue weighted by Crippen LogP contribution is 2.25. The van der Waals surface area contributed by atoms with E-state index in [1.165, 1.54) is 11.7 Å². The Balaban J connectivity index is 2.02. The Morgan fingerprint density at radius 1 is 1.27 bits per heavy atom. The lowest BCUT2D eigenvalue weighted by molar-refractivity contribution is 0.284. The molecule has 0 spiro atoms. The molecule has 0 radical (unpaired) electrons. The van der Waals surface area contributed by atoms with Gasteiger partial charge in [0.15, 0.2) is 0 Å². The fourth-order valence-electron chi connectivity index (χ4n) is 2.03. The van der Waals surface area contributed by atoms with Crippen LogP contribution in [0.2, 0.25) is 0 Å². The van der Waals surface area contributed by atoms with E-state index in [-0.39, 0.29) is 12.3 Å². The zero-order chi connectivity index (χ0) is 15.5. The van der Waals surface area contributed by atoms with Crippen molar-refractivity contribution in [2.24, 2.45) is 7.05 Å². The van der Waals surface area contributed by atoms with E-state index in [2.05, 4.69) is 20.6 Å². The smallest absolute Gasteiger partial charge is 0.368 e. The van der Waals surface area contributed by atoms with Crippen molar-refractivity contribution >= 4 is 0 Å². The lowest BCUT2D eigenvalue weighted by Crippen LogP contribution is -2.23. The normalized spacial score (nSPS) is 10.6. The maximum atomic E-state index is 12.1. The van der Waals surface area contributed by atoms with Gasteiger partial charge in [0, 0.05) is 19.3 Å². The first-order valence-electron chi connectivity index (χ1n) is 6.48. The number of benzene rings is 1. The van der Waals surface area contributed by atoms with Gasteiger partial charge >= 0.3 is 5.69 Å². The predicted octanol–water partition coefficient (Wildman–Crippen LogP) is 0.277. The number of aryl methyl sites for hydroxylation is 1. The lowest BCUT2D eigenvalue weighted by Gasteiger charge is -2.12. The molecule has 3 aromatic rings. The number of ether oxygens (including phenoxy) is 2. The number of tetrazole rings is 1. The van der Waals surface area contributed by atoms with E-state index in [9.17, 15) is 4.79 Å². The first kappa shape index (κ1) is 13.9. The number of H-pyrrole nitrogens is 1. The summed E-state index contributed by atoms with van der Waals surface area (Å²) in [6.45, 7) is 0.174. The molecule has 0 aliphatic carbocycles. The van der Waals surface area contributed by atoms with E-state index in [4.69, 9.17) is 9.47 Å². The maximum absolute atomic E-state index is 12.1. The third-order valence-corrected chi connectivity index (χ3v) is 3.12. The molecule has 0 bridgehead atoms. The molecule has 9 nitrogen and oxygen atoms in total. The second-order valence-corrected chi connectivity index (χ2v) is 4.46. The van der Waals surface area contributed by atoms with Crippen LogP contribution in [0.1, 0.15) is 5.56 Å². The molecular weight excluding hydrogens is 288 g/mol. The molecule has 0 amide bonds. The molecule has 2 aromatic heterocycles. The molecule has 0 aliphatic heterocycles. The van der Waals surface area contributed by atoms with Gasteiger partial charge in [0.2, 0.25) is 5.88 Å². The number of methoxy groups -OCH3 is 1. The third-order valence-electron chi connectivity index (χ3n) is 3.12. The zero-order valence-electron chi connectivity index (χ0n) is 12.1. The van der Waals surface area contributed by atoms with Crippen molar-refractivity contribution in [3.63, 3.8) is 0 Å². The maximum Gasteiger partial charge on any atom is 0.368 e. The molecule has 2 heterocycles. The van der Waals surface area contributed by atoms with Crippen LogP contribution in [0.25, 0.3) is 5.69 Å². The summed E-state index contributed by atoms with van der Waals surface area (Å²) in [5.41, 5.74) is 0.873. The van der Waals surface area contributed by atoms with Crippen molar-refractivity contribution in [2.75, 3.05) is 7.11 Å². The Morgan fingerprint density at radius 3 is 2.77 bits per heavy atom. The van der Waals surface area contributed by atoms with Crippen molar-refractivity contribution in [3.8, 4) is 17.3 Å². The molecule has 0 fully saturated rings. The van der Waals surface area contributed by atoms with Crippen LogP contribution in [-0.4, -0.2) is 37.1 Å². The first-order chi connectivity index (χ1) is 10.7. The summed E-state index contributed by atoms with van der Waals surface area (Å²) < 4.78 is 13.3. The summed E-state index contributed by atoms with van der Waals surface area (Å²) in [7, 11) is 3.09. The lowest BCUT2D eigenvalue weighted by atomic mass is 10.1. The average Bonchev–Trinajstić information content (AvgIpc) is 3.16. The molecule has 0 saturated heterocycles. The zero-order valence-corrected chi connectivity index (χ0v) is 12.1. The van der Waals surface area contributed by atoms with Gasteiger partial charge in [-0.1, -0.05) is 6.07 Å². The van der Waals surface area contributed by atoms with Gasteiger partial charge in [-0.2, -0.15) is 9.36 Å². The molecular formula is C13H14N6O3. The van der Waals surface area contributed by atoms with Gasteiger partial charge in [-0.3, -0.25) is 5.10 Å². The topological polar surface area (TPSA) is 99.9 Å². The Hall–Kier alpha value is -3.10. The van der Waals surface area contributed by atoms with Crippen molar-refractivity contribution in [1.82, 2.24) is 30.0 Å². The fourth-order valence-corrected chi connectivity index (χ4v) is 2.03. The molecule has 114 valence electrons. The Morgan fingerprint density at radius 2 is 2.14 bits per heavy atom. The minimum absolute atomic E-state index is 0.174. The van der Waals surface area contributed by atoms with Crippen LogP contribution in [0.5, 0.6) is 11.6 Å². The largest absolute Gasteiger partial charge is 0.496 e. The third kappa shape index (κ3) is 2.43. The van der Waals surface area contributed by atoms with Gasteiger partial charge < -0.3 is 9.47 Å². The van der Waals surface area contributed by atoms with Crippen molar-refractivity contribution < 1.29 is 9.47 Å². The van der Waals surface area contributed by atoms with E-state index in [0.29, 0.717) is 22.9 Å². The highest BCUT2D eigenvalue weighted by Gasteiger charge is 2.16. The second kappa shape index (κ2) is 5.72. The summed E-state index contributed by atoms with van der Waals surface area (Å²) in [4.78, 5) is 12.1. The van der Waals surface area contributed by atoms with E-state index in [0.717, 1.165) is 4.68 Å². The van der Waals surface area contributed by atoms with Crippen LogP contribution in [0.4, 0.5) is 0 Å². The van der Waals surface area contributed by atoms with Gasteiger partial charge in [-0.25, -0.2) is 4.79 Å². The molecule has 0 atom stereocenters. The van der Waals surface area contributed by atoms with Crippen LogP contribution < -0.4 is 15.2 Å². The standard InChI is InChI=1S/C13H14N6O3/c1-18-13(20)19(17-16-18)10-4-3-5-11(21-2)9(10)8-22-12-6-7-14-15-12/h3-7H,8H2,1-2H3,(H,14,15). The van der Waals surface area contributed by atoms with E-state index in [1.807, 2.05) is 0 Å². The van der Waals surface area contributed by atoms with Gasteiger partial charge in [0.25, 0.3) is 0 Å². The Labute approximate surface area is 125 Å². The fraction of sp³-hybridized carbons (Fsp3) is 0.231. The second-order valence-electron chi connectivity index (χ2n) is 4.46. The number of nitrogens with zero attached hydrogens (tertiary/aromatic N) is 5. The summed E-state index contributed by atoms with van der Waals surface area (Å²) in [6, 6.07) is 7.01. The van der Waals surface area contributed by atoms with Crippen molar-refractivity contribution in [2.45, 2.75) is 6.61 Å². The number of aromatic amines is 1. The first-order valence-corrected chi connectivity index (χ1v) is 6.48. The number of hydrogen-bond donors (Lipinski definition) is 1. The minimum Gasteiger partial charge on any atom is -0.496 e. The highest BCUT2D eigenvalue weighted by atomic mass is 16.5. The van der Waals surface area contributed by atoms with Crippen molar-refractivity contribution in [3.05, 3.63) is 46.5 Å². The Bertz CT molecular complexity index is 821. The SMILES string of the molecule is COc1cccc(-n2nnn(C)c2=O)c1COc1cc[nH]n1. The summed E-state index contributed by atoms with van der Waals surface area (Å²) in [5, 5.41) is 14.2. The molecule has 9 heteroatoms. The van der Waals surface area contributed by atoms with E-state index < -0.39 is 0 Å². The molecule has 1 aromatic carbocycles. The highest BCUT2D eigenvalue weighted by molar-refractivity contribution is 5.48. The molecule has 3 rings (SSSR count). The molecule has 0 aliphatic rings. The molecule has 0 saturated carbocycles. The summed E-state index contributed by atoms with van der Waals surface area (Å²) in [5.74, 6) is 1.04. The molecule has 0 unspecified atom stereocenters. The molecule has 1 N–H and O–H groups in total. The van der Waals surface area contributed by atoms with E-state index >= 15 is 0 Å². The summed E-state index contributed by atoms with van der Waals surface area (Å²) >= 11 is 0. The van der Waals surface area contributed by atoms with Crippen molar-refractivity contribution in [1.29, 1.82) is 0 Å². The Kier molecular flexibility index (Phi) is 3.60. The van der Waals surface area contributed by atoms with Gasteiger partial charge in [-0.15, -0.1) is 5.10 Å². The van der Waals surface area contributed by atoms with Crippen LogP contribution in [0, 0.1) is 0 Å². The number of hydrogen-bond acceptors (Lipinski definition) is 6. The predicted molar refractivity (Wildman–Crippen MR) is 76.1 cm³/mol. The molecule has 22 heavy (non-hydrogen) atoms. The van der Waals surface area contributed by atoms with Crippen LogP contribution >= 0.6 is 0 Å². The van der Waals surface area contributed by atoms with Crippen LogP contribution in [-0.2, 0) is 13.7 Å². The van der Waals surface area contributed by atoms with Crippen LogP contribution in [0.15, 0.2) is 35.3 Å². The minimum atomic E-state index is -0.353. The van der Waals surface area contributed by atoms with Gasteiger partial charge in [0.05, 0.1) is 18.4 Å². The summed E-state index contributed by atoms with van der Waals surface area (Å²) in [6.07, 6.45) is 1.66. The number of aromatic nitrogens is 6. The monoisotopic (exact) mass is 302 g/mol. The number of nitrogens with one attached hydrogen (secondary N) is 1. The quantitative estimate of drug-likeness (QED) is 0.726. The van der Waals surface area contributed by atoms with Gasteiger partial charge in [0.1, 0.15) is 12.4 Å². The average molecular weight is 302 g/mol. The number of rotatable bonds is 5. The van der Waals surface area contributed by atoms with Crippen LogP contribution in [0.3, 0.4) is 0 Å². The van der Waals surface area contributed by atoms with E-state index in [1.54, 1.807) is 37.6 Å².